The van der Waals surface area contributed by atoms with Gasteiger partial charge in [0, 0.05) is 10.8 Å². The molecule has 0 amide bonds. The fraction of sp³-hybridized carbons (Fsp3) is 1.00. The first-order valence-electron chi connectivity index (χ1n) is 8.16. The Kier molecular flexibility index (Phi) is 3.32. The number of rotatable bonds is 4. The van der Waals surface area contributed by atoms with Gasteiger partial charge in [-0.25, -0.2) is 0 Å². The van der Waals surface area contributed by atoms with Crippen LogP contribution in [0.5, 0.6) is 0 Å². The van der Waals surface area contributed by atoms with Gasteiger partial charge < -0.3 is 0 Å². The van der Waals surface area contributed by atoms with Crippen molar-refractivity contribution >= 4 is 0 Å². The maximum absolute atomic E-state index is 5.27. The molecular formula is C17H30O4. The van der Waals surface area contributed by atoms with Crippen LogP contribution in [0.25, 0.3) is 0 Å². The van der Waals surface area contributed by atoms with Gasteiger partial charge in [-0.05, 0) is 36.0 Å². The minimum atomic E-state index is -0.114. The summed E-state index contributed by atoms with van der Waals surface area (Å²) in [6, 6.07) is 0. The molecule has 0 aromatic carbocycles. The molecule has 122 valence electrons. The number of hydrogen-bond acceptors (Lipinski definition) is 4. The van der Waals surface area contributed by atoms with Crippen molar-refractivity contribution < 1.29 is 19.6 Å². The highest BCUT2D eigenvalue weighted by atomic mass is 17.4. The van der Waals surface area contributed by atoms with Crippen molar-refractivity contribution in [3.63, 3.8) is 0 Å². The average Bonchev–Trinajstić information content (AvgIpc) is 3.12. The summed E-state index contributed by atoms with van der Waals surface area (Å²) >= 11 is 0. The van der Waals surface area contributed by atoms with Gasteiger partial charge >= 0.3 is 0 Å². The fourth-order valence-corrected chi connectivity index (χ4v) is 5.37. The van der Waals surface area contributed by atoms with Crippen molar-refractivity contribution in [2.24, 2.45) is 27.6 Å². The molecule has 3 rings (SSSR count). The lowest BCUT2D eigenvalue weighted by atomic mass is 9.43. The molecular weight excluding hydrogens is 268 g/mol. The van der Waals surface area contributed by atoms with E-state index in [0.29, 0.717) is 11.3 Å². The van der Waals surface area contributed by atoms with E-state index in [1.54, 1.807) is 0 Å². The van der Waals surface area contributed by atoms with Crippen LogP contribution in [0.1, 0.15) is 67.7 Å². The van der Waals surface area contributed by atoms with Crippen molar-refractivity contribution in [3.05, 3.63) is 0 Å². The first kappa shape index (κ1) is 15.7. The standard InChI is InChI=1S/C17H30O4/c1-11-8-14(2,3)10-17(9-11,15(4,5)12-18-19-12)16(6,7)13-20-21-13/h11-13H,8-10H2,1-7H3. The SMILES string of the molecule is CC1CC(C)(C)CC(C(C)(C)C2OO2)(C(C)(C)C2OO2)C1. The Morgan fingerprint density at radius 3 is 1.57 bits per heavy atom. The molecule has 0 bridgehead atoms. The Morgan fingerprint density at radius 2 is 1.24 bits per heavy atom. The second-order valence-corrected chi connectivity index (χ2v) is 9.43. The summed E-state index contributed by atoms with van der Waals surface area (Å²) < 4.78 is 0. The summed E-state index contributed by atoms with van der Waals surface area (Å²) in [5, 5.41) is 0. The number of hydrogen-bond donors (Lipinski definition) is 0. The predicted molar refractivity (Wildman–Crippen MR) is 78.7 cm³/mol. The van der Waals surface area contributed by atoms with E-state index >= 15 is 0 Å². The van der Waals surface area contributed by atoms with Crippen LogP contribution in [-0.4, -0.2) is 12.6 Å². The van der Waals surface area contributed by atoms with Crippen molar-refractivity contribution in [1.82, 2.24) is 0 Å². The summed E-state index contributed by atoms with van der Waals surface area (Å²) in [7, 11) is 0. The Morgan fingerprint density at radius 1 is 0.810 bits per heavy atom. The Labute approximate surface area is 128 Å². The third kappa shape index (κ3) is 2.35. The van der Waals surface area contributed by atoms with E-state index in [4.69, 9.17) is 19.6 Å². The Bertz CT molecular complexity index is 395. The first-order valence-corrected chi connectivity index (χ1v) is 8.16. The highest BCUT2D eigenvalue weighted by molar-refractivity contribution is 5.10. The van der Waals surface area contributed by atoms with Crippen LogP contribution in [0.3, 0.4) is 0 Å². The third-order valence-electron chi connectivity index (χ3n) is 6.41. The fourth-order valence-electron chi connectivity index (χ4n) is 5.37. The molecule has 2 saturated heterocycles. The highest BCUT2D eigenvalue weighted by Crippen LogP contribution is 2.69. The molecule has 0 radical (unpaired) electrons. The van der Waals surface area contributed by atoms with Crippen molar-refractivity contribution in [2.75, 3.05) is 0 Å². The van der Waals surface area contributed by atoms with Gasteiger partial charge in [-0.1, -0.05) is 48.5 Å². The summed E-state index contributed by atoms with van der Waals surface area (Å²) in [6.07, 6.45) is 3.33. The van der Waals surface area contributed by atoms with E-state index in [-0.39, 0.29) is 28.8 Å². The van der Waals surface area contributed by atoms with Crippen LogP contribution in [-0.2, 0) is 19.6 Å². The van der Waals surface area contributed by atoms with E-state index < -0.39 is 0 Å². The molecule has 0 spiro atoms. The van der Waals surface area contributed by atoms with Gasteiger partial charge in [0.2, 0.25) is 12.6 Å². The average molecular weight is 298 g/mol. The molecule has 2 aliphatic heterocycles. The molecule has 3 fully saturated rings. The summed E-state index contributed by atoms with van der Waals surface area (Å²) in [5.74, 6) is 0.671. The monoisotopic (exact) mass is 298 g/mol. The van der Waals surface area contributed by atoms with Crippen molar-refractivity contribution in [2.45, 2.75) is 80.3 Å². The second-order valence-electron chi connectivity index (χ2n) is 9.43. The maximum Gasteiger partial charge on any atom is 0.230 e. The summed E-state index contributed by atoms with van der Waals surface area (Å²) in [5.41, 5.74) is 0.176. The van der Waals surface area contributed by atoms with Gasteiger partial charge in [0.15, 0.2) is 0 Å². The lowest BCUT2D eigenvalue weighted by Crippen LogP contribution is -2.58. The molecule has 0 N–H and O–H groups in total. The summed E-state index contributed by atoms with van der Waals surface area (Å²) in [6.45, 7) is 16.3. The lowest BCUT2D eigenvalue weighted by molar-refractivity contribution is -0.150. The molecule has 4 nitrogen and oxygen atoms in total. The molecule has 0 aromatic heterocycles. The zero-order chi connectivity index (χ0) is 15.7. The minimum absolute atomic E-state index is 0.0451. The van der Waals surface area contributed by atoms with Crippen molar-refractivity contribution in [3.8, 4) is 0 Å². The Hall–Kier alpha value is -0.160. The van der Waals surface area contributed by atoms with E-state index in [1.807, 2.05) is 0 Å². The van der Waals surface area contributed by atoms with Gasteiger partial charge in [-0.3, -0.25) is 0 Å². The normalized spacial score (nSPS) is 33.0. The molecule has 1 unspecified atom stereocenters. The quantitative estimate of drug-likeness (QED) is 0.568. The van der Waals surface area contributed by atoms with Gasteiger partial charge in [0.25, 0.3) is 0 Å². The van der Waals surface area contributed by atoms with E-state index in [1.165, 1.54) is 6.42 Å². The van der Waals surface area contributed by atoms with E-state index in [2.05, 4.69) is 48.5 Å². The van der Waals surface area contributed by atoms with E-state index in [0.717, 1.165) is 12.8 Å². The zero-order valence-electron chi connectivity index (χ0n) is 14.5. The molecule has 1 saturated carbocycles. The topological polar surface area (TPSA) is 50.1 Å². The molecule has 3 aliphatic rings. The van der Waals surface area contributed by atoms with Crippen LogP contribution in [0, 0.1) is 27.6 Å². The molecule has 0 aromatic rings. The van der Waals surface area contributed by atoms with E-state index in [9.17, 15) is 0 Å². The van der Waals surface area contributed by atoms with Gasteiger partial charge in [0.05, 0.1) is 0 Å². The Balaban J connectivity index is 2.06. The lowest BCUT2D eigenvalue weighted by Gasteiger charge is -2.60. The predicted octanol–water partition coefficient (Wildman–Crippen LogP) is 4.45. The first-order chi connectivity index (χ1) is 9.52. The van der Waals surface area contributed by atoms with Gasteiger partial charge in [0.1, 0.15) is 0 Å². The summed E-state index contributed by atoms with van der Waals surface area (Å²) in [4.78, 5) is 21.1. The smallest absolute Gasteiger partial charge is 0.198 e. The third-order valence-corrected chi connectivity index (χ3v) is 6.41. The maximum atomic E-state index is 5.27. The largest absolute Gasteiger partial charge is 0.230 e. The van der Waals surface area contributed by atoms with Crippen LogP contribution >= 0.6 is 0 Å². The molecule has 4 heteroatoms. The highest BCUT2D eigenvalue weighted by Gasteiger charge is 2.69. The van der Waals surface area contributed by atoms with Crippen molar-refractivity contribution in [1.29, 1.82) is 0 Å². The molecule has 1 aliphatic carbocycles. The van der Waals surface area contributed by atoms with Crippen LogP contribution in [0.15, 0.2) is 0 Å². The zero-order valence-corrected chi connectivity index (χ0v) is 14.5. The van der Waals surface area contributed by atoms with Gasteiger partial charge in [-0.2, -0.15) is 19.6 Å². The van der Waals surface area contributed by atoms with Gasteiger partial charge in [-0.15, -0.1) is 0 Å². The minimum Gasteiger partial charge on any atom is -0.198 e. The molecule has 2 heterocycles. The molecule has 21 heavy (non-hydrogen) atoms. The molecule has 1 atom stereocenters. The van der Waals surface area contributed by atoms with Crippen LogP contribution in [0.2, 0.25) is 0 Å². The van der Waals surface area contributed by atoms with Crippen LogP contribution < -0.4 is 0 Å². The second kappa shape index (κ2) is 4.44. The van der Waals surface area contributed by atoms with Crippen LogP contribution in [0.4, 0.5) is 0 Å².